The molecule has 2 fully saturated rings. The van der Waals surface area contributed by atoms with E-state index < -0.39 is 0 Å². The topological polar surface area (TPSA) is 12.5 Å². The van der Waals surface area contributed by atoms with Gasteiger partial charge in [0.05, 0.1) is 6.10 Å². The van der Waals surface area contributed by atoms with Crippen LogP contribution in [0.5, 0.6) is 0 Å². The molecule has 12 heavy (non-hydrogen) atoms. The fraction of sp³-hybridized carbons (Fsp3) is 1.00. The van der Waals surface area contributed by atoms with Gasteiger partial charge in [-0.2, -0.15) is 0 Å². The van der Waals surface area contributed by atoms with Crippen LogP contribution in [0.3, 0.4) is 0 Å². The van der Waals surface area contributed by atoms with Crippen LogP contribution in [0, 0.1) is 0 Å². The van der Waals surface area contributed by atoms with Crippen molar-refractivity contribution < 1.29 is 4.74 Å². The van der Waals surface area contributed by atoms with Crippen LogP contribution in [0.15, 0.2) is 0 Å². The van der Waals surface area contributed by atoms with Crippen LogP contribution in [0.1, 0.15) is 32.6 Å². The fourth-order valence-electron chi connectivity index (χ4n) is 2.57. The number of nitrogens with zero attached hydrogens (tertiary/aromatic N) is 1. The number of likely N-dealkylation sites (tertiary alicyclic amines) is 1. The quantitative estimate of drug-likeness (QED) is 0.623. The lowest BCUT2D eigenvalue weighted by atomic mass is 10.1. The molecule has 2 atom stereocenters. The summed E-state index contributed by atoms with van der Waals surface area (Å²) in [6.07, 6.45) is 5.86. The van der Waals surface area contributed by atoms with Gasteiger partial charge in [-0.3, -0.25) is 4.90 Å². The van der Waals surface area contributed by atoms with Gasteiger partial charge >= 0.3 is 0 Å². The molecule has 2 nitrogen and oxygen atoms in total. The van der Waals surface area contributed by atoms with E-state index >= 15 is 0 Å². The molecule has 0 spiro atoms. The van der Waals surface area contributed by atoms with Crippen LogP contribution in [-0.4, -0.2) is 36.7 Å². The van der Waals surface area contributed by atoms with E-state index in [1.807, 2.05) is 0 Å². The number of hydrogen-bond acceptors (Lipinski definition) is 2. The van der Waals surface area contributed by atoms with Crippen molar-refractivity contribution in [2.24, 2.45) is 0 Å². The highest BCUT2D eigenvalue weighted by atomic mass is 16.5. The van der Waals surface area contributed by atoms with E-state index in [9.17, 15) is 0 Å². The highest BCUT2D eigenvalue weighted by Gasteiger charge is 2.32. The van der Waals surface area contributed by atoms with Crippen molar-refractivity contribution >= 4 is 0 Å². The molecule has 2 heteroatoms. The van der Waals surface area contributed by atoms with Crippen molar-refractivity contribution in [1.29, 1.82) is 0 Å². The maximum absolute atomic E-state index is 5.73. The minimum atomic E-state index is 0.562. The molecule has 0 radical (unpaired) electrons. The van der Waals surface area contributed by atoms with E-state index in [1.54, 1.807) is 0 Å². The molecule has 0 aromatic heterocycles. The predicted molar refractivity (Wildman–Crippen MR) is 49.2 cm³/mol. The maximum atomic E-state index is 5.73. The minimum Gasteiger partial charge on any atom is -0.377 e. The minimum absolute atomic E-state index is 0.562. The molecule has 0 N–H and O–H groups in total. The summed E-state index contributed by atoms with van der Waals surface area (Å²) < 4.78 is 5.73. The maximum Gasteiger partial charge on any atom is 0.0731 e. The Hall–Kier alpha value is -0.0800. The van der Waals surface area contributed by atoms with Crippen molar-refractivity contribution in [1.82, 2.24) is 4.90 Å². The largest absolute Gasteiger partial charge is 0.377 e. The first-order chi connectivity index (χ1) is 5.92. The highest BCUT2D eigenvalue weighted by molar-refractivity contribution is 4.87. The molecule has 0 aliphatic carbocycles. The zero-order valence-corrected chi connectivity index (χ0v) is 7.96. The summed E-state index contributed by atoms with van der Waals surface area (Å²) in [6.45, 7) is 5.75. The standard InChI is InChI=1S/C10H19NO/c1-2-11-7-3-5-9(11)10-6-4-8-12-10/h9-10H,2-8H2,1H3. The van der Waals surface area contributed by atoms with Crippen molar-refractivity contribution in [2.75, 3.05) is 19.7 Å². The smallest absolute Gasteiger partial charge is 0.0731 e. The summed E-state index contributed by atoms with van der Waals surface area (Å²) in [7, 11) is 0. The summed E-state index contributed by atoms with van der Waals surface area (Å²) >= 11 is 0. The van der Waals surface area contributed by atoms with Crippen molar-refractivity contribution in [3.63, 3.8) is 0 Å². The van der Waals surface area contributed by atoms with E-state index in [2.05, 4.69) is 11.8 Å². The van der Waals surface area contributed by atoms with Crippen LogP contribution < -0.4 is 0 Å². The fourth-order valence-corrected chi connectivity index (χ4v) is 2.57. The van der Waals surface area contributed by atoms with Gasteiger partial charge in [-0.25, -0.2) is 0 Å². The first-order valence-electron chi connectivity index (χ1n) is 5.27. The van der Waals surface area contributed by atoms with Crippen molar-refractivity contribution in [3.8, 4) is 0 Å². The Morgan fingerprint density at radius 1 is 1.33 bits per heavy atom. The Kier molecular flexibility index (Phi) is 2.66. The summed E-state index contributed by atoms with van der Waals surface area (Å²) in [6, 6.07) is 0.748. The lowest BCUT2D eigenvalue weighted by Gasteiger charge is -2.27. The van der Waals surface area contributed by atoms with Crippen molar-refractivity contribution in [3.05, 3.63) is 0 Å². The summed E-state index contributed by atoms with van der Waals surface area (Å²) in [5, 5.41) is 0. The molecule has 2 aliphatic rings. The molecule has 2 saturated heterocycles. The molecule has 0 saturated carbocycles. The number of rotatable bonds is 2. The lowest BCUT2D eigenvalue weighted by molar-refractivity contribution is 0.0433. The molecule has 2 aliphatic heterocycles. The van der Waals surface area contributed by atoms with Crippen LogP contribution >= 0.6 is 0 Å². The molecule has 0 aromatic carbocycles. The van der Waals surface area contributed by atoms with E-state index in [-0.39, 0.29) is 0 Å². The van der Waals surface area contributed by atoms with E-state index in [0.29, 0.717) is 6.10 Å². The van der Waals surface area contributed by atoms with Gasteiger partial charge in [0, 0.05) is 12.6 Å². The summed E-state index contributed by atoms with van der Waals surface area (Å²) in [5.74, 6) is 0. The van der Waals surface area contributed by atoms with Gasteiger partial charge in [0.1, 0.15) is 0 Å². The third-order valence-corrected chi connectivity index (χ3v) is 3.21. The Labute approximate surface area is 74.9 Å². The Morgan fingerprint density at radius 2 is 2.25 bits per heavy atom. The van der Waals surface area contributed by atoms with Gasteiger partial charge in [-0.15, -0.1) is 0 Å². The number of hydrogen-bond donors (Lipinski definition) is 0. The summed E-state index contributed by atoms with van der Waals surface area (Å²) in [5.41, 5.74) is 0. The van der Waals surface area contributed by atoms with Gasteiger partial charge in [0.25, 0.3) is 0 Å². The second kappa shape index (κ2) is 3.75. The van der Waals surface area contributed by atoms with Gasteiger partial charge < -0.3 is 4.74 Å². The molecule has 0 bridgehead atoms. The predicted octanol–water partition coefficient (Wildman–Crippen LogP) is 1.65. The average molecular weight is 169 g/mol. The van der Waals surface area contributed by atoms with E-state index in [1.165, 1.54) is 38.8 Å². The number of ether oxygens (including phenoxy) is 1. The molecule has 2 unspecified atom stereocenters. The summed E-state index contributed by atoms with van der Waals surface area (Å²) in [4.78, 5) is 2.58. The molecule has 0 amide bonds. The first-order valence-corrected chi connectivity index (χ1v) is 5.27. The first kappa shape index (κ1) is 8.52. The van der Waals surface area contributed by atoms with Crippen LogP contribution in [0.4, 0.5) is 0 Å². The normalized spacial score (nSPS) is 37.8. The third-order valence-electron chi connectivity index (χ3n) is 3.21. The van der Waals surface area contributed by atoms with Gasteiger partial charge in [-0.05, 0) is 38.8 Å². The molecule has 2 heterocycles. The molecule has 2 rings (SSSR count). The third kappa shape index (κ3) is 1.50. The van der Waals surface area contributed by atoms with Gasteiger partial charge in [0.15, 0.2) is 0 Å². The second-order valence-corrected chi connectivity index (χ2v) is 3.89. The molecule has 70 valence electrons. The van der Waals surface area contributed by atoms with E-state index in [4.69, 9.17) is 4.74 Å². The Balaban J connectivity index is 1.92. The zero-order chi connectivity index (χ0) is 8.39. The van der Waals surface area contributed by atoms with Gasteiger partial charge in [0.2, 0.25) is 0 Å². The Morgan fingerprint density at radius 3 is 2.92 bits per heavy atom. The molecular formula is C10H19NO. The molecular weight excluding hydrogens is 150 g/mol. The lowest BCUT2D eigenvalue weighted by Crippen LogP contribution is -2.38. The highest BCUT2D eigenvalue weighted by Crippen LogP contribution is 2.27. The van der Waals surface area contributed by atoms with Crippen LogP contribution in [0.25, 0.3) is 0 Å². The average Bonchev–Trinajstić information content (AvgIpc) is 2.74. The number of likely N-dealkylation sites (N-methyl/N-ethyl adjacent to an activating group) is 1. The van der Waals surface area contributed by atoms with Crippen molar-refractivity contribution in [2.45, 2.75) is 44.8 Å². The SMILES string of the molecule is CCN1CCCC1C1CCCO1. The van der Waals surface area contributed by atoms with E-state index in [0.717, 1.165) is 12.6 Å². The molecule has 0 aromatic rings. The van der Waals surface area contributed by atoms with Gasteiger partial charge in [-0.1, -0.05) is 6.92 Å². The van der Waals surface area contributed by atoms with Crippen LogP contribution in [0.2, 0.25) is 0 Å². The second-order valence-electron chi connectivity index (χ2n) is 3.89. The zero-order valence-electron chi connectivity index (χ0n) is 7.96. The van der Waals surface area contributed by atoms with Crippen LogP contribution in [-0.2, 0) is 4.74 Å². The monoisotopic (exact) mass is 169 g/mol. The Bertz CT molecular complexity index is 143.